The van der Waals surface area contributed by atoms with Crippen molar-refractivity contribution in [3.05, 3.63) is 0 Å². The van der Waals surface area contributed by atoms with Crippen LogP contribution >= 0.6 is 11.8 Å². The maximum absolute atomic E-state index is 11.9. The van der Waals surface area contributed by atoms with Crippen LogP contribution < -0.4 is 5.32 Å². The molecule has 0 spiro atoms. The first-order valence-electron chi connectivity index (χ1n) is 6.35. The van der Waals surface area contributed by atoms with Crippen LogP contribution in [0.4, 0.5) is 4.79 Å². The van der Waals surface area contributed by atoms with Crippen LogP contribution in [0.1, 0.15) is 19.3 Å². The summed E-state index contributed by atoms with van der Waals surface area (Å²) in [6.07, 6.45) is 3.50. The molecule has 0 heterocycles. The van der Waals surface area contributed by atoms with E-state index in [0.29, 0.717) is 37.5 Å². The number of rotatable bonds is 7. The molecule has 0 radical (unpaired) electrons. The SMILES string of the molecule is CSCCC(NC(=O)N(C)CC1CC(O)C1)C(=O)O. The molecular formula is C12H22N2O4S. The summed E-state index contributed by atoms with van der Waals surface area (Å²) < 4.78 is 0. The Labute approximate surface area is 117 Å². The molecule has 6 nitrogen and oxygen atoms in total. The summed E-state index contributed by atoms with van der Waals surface area (Å²) >= 11 is 1.55. The number of aliphatic carboxylic acids is 1. The molecule has 0 saturated heterocycles. The lowest BCUT2D eigenvalue weighted by atomic mass is 9.82. The molecule has 1 unspecified atom stereocenters. The van der Waals surface area contributed by atoms with E-state index in [2.05, 4.69) is 5.32 Å². The minimum absolute atomic E-state index is 0.241. The average Bonchev–Trinajstić information content (AvgIpc) is 2.31. The lowest BCUT2D eigenvalue weighted by Gasteiger charge is -2.34. The van der Waals surface area contributed by atoms with Gasteiger partial charge in [-0.1, -0.05) is 0 Å². The van der Waals surface area contributed by atoms with Gasteiger partial charge in [-0.25, -0.2) is 9.59 Å². The monoisotopic (exact) mass is 290 g/mol. The van der Waals surface area contributed by atoms with Crippen molar-refractivity contribution >= 4 is 23.8 Å². The van der Waals surface area contributed by atoms with Gasteiger partial charge in [-0.3, -0.25) is 0 Å². The number of carboxylic acid groups (broad SMARTS) is 1. The second kappa shape index (κ2) is 7.59. The number of hydrogen-bond donors (Lipinski definition) is 3. The Hall–Kier alpha value is -0.950. The number of nitrogens with zero attached hydrogens (tertiary/aromatic N) is 1. The van der Waals surface area contributed by atoms with Gasteiger partial charge in [0.25, 0.3) is 0 Å². The third-order valence-electron chi connectivity index (χ3n) is 3.30. The van der Waals surface area contributed by atoms with Crippen LogP contribution in [0.5, 0.6) is 0 Å². The second-order valence-electron chi connectivity index (χ2n) is 4.99. The minimum Gasteiger partial charge on any atom is -0.480 e. The molecule has 0 aromatic rings. The molecule has 1 atom stereocenters. The summed E-state index contributed by atoms with van der Waals surface area (Å²) in [5.74, 6) is 0.00516. The molecule has 0 aromatic carbocycles. The van der Waals surface area contributed by atoms with Gasteiger partial charge in [0.15, 0.2) is 0 Å². The number of aliphatic hydroxyl groups excluding tert-OH is 1. The van der Waals surface area contributed by atoms with E-state index in [9.17, 15) is 14.7 Å². The Morgan fingerprint density at radius 1 is 1.47 bits per heavy atom. The Morgan fingerprint density at radius 3 is 2.58 bits per heavy atom. The number of aliphatic hydroxyl groups is 1. The first-order valence-corrected chi connectivity index (χ1v) is 7.74. The van der Waals surface area contributed by atoms with Crippen molar-refractivity contribution in [3.8, 4) is 0 Å². The molecule has 0 aliphatic heterocycles. The summed E-state index contributed by atoms with van der Waals surface area (Å²) in [5.41, 5.74) is 0. The van der Waals surface area contributed by atoms with Crippen molar-refractivity contribution in [2.24, 2.45) is 5.92 Å². The van der Waals surface area contributed by atoms with Gasteiger partial charge in [0, 0.05) is 13.6 Å². The molecule has 7 heteroatoms. The Bertz CT molecular complexity index is 321. The van der Waals surface area contributed by atoms with Crippen LogP contribution in [-0.4, -0.2) is 64.9 Å². The van der Waals surface area contributed by atoms with Crippen molar-refractivity contribution in [3.63, 3.8) is 0 Å². The standard InChI is InChI=1S/C12H22N2O4S/c1-14(7-8-5-9(15)6-8)12(18)13-10(11(16)17)3-4-19-2/h8-10,15H,3-7H2,1-2H3,(H,13,18)(H,16,17). The highest BCUT2D eigenvalue weighted by atomic mass is 32.2. The molecule has 1 saturated carbocycles. The van der Waals surface area contributed by atoms with Crippen LogP contribution in [0.3, 0.4) is 0 Å². The van der Waals surface area contributed by atoms with Gasteiger partial charge in [0.2, 0.25) is 0 Å². The summed E-state index contributed by atoms with van der Waals surface area (Å²) in [4.78, 5) is 24.4. The van der Waals surface area contributed by atoms with Gasteiger partial charge in [0.05, 0.1) is 6.10 Å². The van der Waals surface area contributed by atoms with E-state index in [-0.39, 0.29) is 12.1 Å². The van der Waals surface area contributed by atoms with Crippen LogP contribution in [0, 0.1) is 5.92 Å². The van der Waals surface area contributed by atoms with Crippen LogP contribution in [0.25, 0.3) is 0 Å². The molecule has 110 valence electrons. The summed E-state index contributed by atoms with van der Waals surface area (Å²) in [5, 5.41) is 20.7. The van der Waals surface area contributed by atoms with E-state index >= 15 is 0 Å². The smallest absolute Gasteiger partial charge is 0.326 e. The first kappa shape index (κ1) is 16.1. The zero-order chi connectivity index (χ0) is 14.4. The van der Waals surface area contributed by atoms with Gasteiger partial charge in [0.1, 0.15) is 6.04 Å². The van der Waals surface area contributed by atoms with Crippen molar-refractivity contribution in [2.45, 2.75) is 31.4 Å². The van der Waals surface area contributed by atoms with Gasteiger partial charge >= 0.3 is 12.0 Å². The van der Waals surface area contributed by atoms with Gasteiger partial charge in [-0.05, 0) is 37.2 Å². The number of thioether (sulfide) groups is 1. The predicted molar refractivity (Wildman–Crippen MR) is 74.3 cm³/mol. The number of hydrogen-bond acceptors (Lipinski definition) is 4. The van der Waals surface area contributed by atoms with E-state index in [1.54, 1.807) is 18.8 Å². The van der Waals surface area contributed by atoms with Crippen molar-refractivity contribution in [1.29, 1.82) is 0 Å². The number of carbonyl (C=O) groups is 2. The van der Waals surface area contributed by atoms with Crippen molar-refractivity contribution < 1.29 is 19.8 Å². The van der Waals surface area contributed by atoms with E-state index in [4.69, 9.17) is 5.11 Å². The van der Waals surface area contributed by atoms with E-state index in [1.165, 1.54) is 4.90 Å². The molecular weight excluding hydrogens is 268 g/mol. The number of nitrogens with one attached hydrogen (secondary N) is 1. The summed E-state index contributed by atoms with van der Waals surface area (Å²) in [6.45, 7) is 0.553. The number of amides is 2. The topological polar surface area (TPSA) is 89.9 Å². The number of carbonyl (C=O) groups excluding carboxylic acids is 1. The Kier molecular flexibility index (Phi) is 6.44. The molecule has 3 N–H and O–H groups in total. The first-order chi connectivity index (χ1) is 8.93. The molecule has 1 rings (SSSR count). The summed E-state index contributed by atoms with van der Waals surface area (Å²) in [6, 6.07) is -1.20. The largest absolute Gasteiger partial charge is 0.480 e. The zero-order valence-electron chi connectivity index (χ0n) is 11.3. The molecule has 19 heavy (non-hydrogen) atoms. The fraction of sp³-hybridized carbons (Fsp3) is 0.833. The molecule has 2 amide bonds. The highest BCUT2D eigenvalue weighted by Crippen LogP contribution is 2.27. The third-order valence-corrected chi connectivity index (χ3v) is 3.94. The molecule has 1 aliphatic rings. The lowest BCUT2D eigenvalue weighted by Crippen LogP contribution is -2.49. The highest BCUT2D eigenvalue weighted by molar-refractivity contribution is 7.98. The fourth-order valence-corrected chi connectivity index (χ4v) is 2.54. The van der Waals surface area contributed by atoms with Crippen molar-refractivity contribution in [2.75, 3.05) is 25.6 Å². The number of carboxylic acids is 1. The van der Waals surface area contributed by atoms with Gasteiger partial charge < -0.3 is 20.4 Å². The van der Waals surface area contributed by atoms with Gasteiger partial charge in [-0.2, -0.15) is 11.8 Å². The highest BCUT2D eigenvalue weighted by Gasteiger charge is 2.30. The van der Waals surface area contributed by atoms with Crippen molar-refractivity contribution in [1.82, 2.24) is 10.2 Å². The second-order valence-corrected chi connectivity index (χ2v) is 5.98. The lowest BCUT2D eigenvalue weighted by molar-refractivity contribution is -0.139. The van der Waals surface area contributed by atoms with Crippen LogP contribution in [-0.2, 0) is 4.79 Å². The van der Waals surface area contributed by atoms with Crippen LogP contribution in [0.2, 0.25) is 0 Å². The normalized spacial score (nSPS) is 23.3. The predicted octanol–water partition coefficient (Wildman–Crippen LogP) is 0.605. The Morgan fingerprint density at radius 2 is 2.11 bits per heavy atom. The zero-order valence-corrected chi connectivity index (χ0v) is 12.2. The van der Waals surface area contributed by atoms with E-state index < -0.39 is 12.0 Å². The Balaban J connectivity index is 2.35. The van der Waals surface area contributed by atoms with E-state index in [0.717, 1.165) is 0 Å². The summed E-state index contributed by atoms with van der Waals surface area (Å²) in [7, 11) is 1.65. The maximum Gasteiger partial charge on any atom is 0.326 e. The van der Waals surface area contributed by atoms with Crippen LogP contribution in [0.15, 0.2) is 0 Å². The minimum atomic E-state index is -1.00. The molecule has 0 bridgehead atoms. The van der Waals surface area contributed by atoms with Gasteiger partial charge in [-0.15, -0.1) is 0 Å². The third kappa shape index (κ3) is 5.28. The number of urea groups is 1. The maximum atomic E-state index is 11.9. The molecule has 0 aromatic heterocycles. The van der Waals surface area contributed by atoms with E-state index in [1.807, 2.05) is 6.26 Å². The molecule has 1 fully saturated rings. The fourth-order valence-electron chi connectivity index (χ4n) is 2.07. The molecule has 1 aliphatic carbocycles. The average molecular weight is 290 g/mol. The quantitative estimate of drug-likeness (QED) is 0.639.